The van der Waals surface area contributed by atoms with Crippen molar-refractivity contribution in [1.82, 2.24) is 29.4 Å². The second-order valence-corrected chi connectivity index (χ2v) is 10.4. The molecule has 14 heteroatoms. The molecule has 41 heavy (non-hydrogen) atoms. The molecule has 2 aromatic heterocycles. The van der Waals surface area contributed by atoms with Crippen LogP contribution in [-0.4, -0.2) is 59.1 Å². The highest BCUT2D eigenvalue weighted by molar-refractivity contribution is 5.94. The summed E-state index contributed by atoms with van der Waals surface area (Å²) < 4.78 is 50.2. The Kier molecular flexibility index (Phi) is 7.95. The second kappa shape index (κ2) is 11.1. The van der Waals surface area contributed by atoms with Crippen LogP contribution in [0.1, 0.15) is 48.3 Å². The monoisotopic (exact) mass is 574 g/mol. The minimum Gasteiger partial charge on any atom is -0.475 e. The van der Waals surface area contributed by atoms with E-state index in [9.17, 15) is 27.2 Å². The molecular weight excluding hydrogens is 548 g/mol. The highest BCUT2D eigenvalue weighted by Gasteiger charge is 2.38. The summed E-state index contributed by atoms with van der Waals surface area (Å²) in [6.07, 6.45) is -3.81. The summed E-state index contributed by atoms with van der Waals surface area (Å²) in [6.45, 7) is 7.80. The Hall–Kier alpha value is -4.62. The summed E-state index contributed by atoms with van der Waals surface area (Å²) in [5.41, 5.74) is 1.08. The Bertz CT molecular complexity index is 1670. The third kappa shape index (κ3) is 6.42. The first-order valence-electron chi connectivity index (χ1n) is 12.4. The van der Waals surface area contributed by atoms with Crippen molar-refractivity contribution in [3.05, 3.63) is 87.5 Å². The van der Waals surface area contributed by atoms with Crippen molar-refractivity contribution >= 4 is 22.8 Å². The van der Waals surface area contributed by atoms with Gasteiger partial charge in [0.25, 0.3) is 5.91 Å². The maximum atomic E-state index is 14.7. The summed E-state index contributed by atoms with van der Waals surface area (Å²) in [4.78, 5) is 35.9. The van der Waals surface area contributed by atoms with Gasteiger partial charge >= 0.3 is 12.1 Å². The largest absolute Gasteiger partial charge is 0.490 e. The lowest BCUT2D eigenvalue weighted by molar-refractivity contribution is -0.192. The summed E-state index contributed by atoms with van der Waals surface area (Å²) >= 11 is 0. The third-order valence-corrected chi connectivity index (χ3v) is 6.31. The van der Waals surface area contributed by atoms with Gasteiger partial charge in [0.05, 0.1) is 30.4 Å². The predicted octanol–water partition coefficient (Wildman–Crippen LogP) is 3.76. The number of hydrogen-bond donors (Lipinski definition) is 1. The molecule has 2 aromatic carbocycles. The number of benzene rings is 2. The molecule has 10 nitrogen and oxygen atoms in total. The van der Waals surface area contributed by atoms with Gasteiger partial charge in [0.1, 0.15) is 11.6 Å². The zero-order chi connectivity index (χ0) is 30.1. The first-order chi connectivity index (χ1) is 19.2. The van der Waals surface area contributed by atoms with Crippen molar-refractivity contribution in [2.75, 3.05) is 6.54 Å². The van der Waals surface area contributed by atoms with Gasteiger partial charge < -0.3 is 14.6 Å². The molecule has 1 amide bonds. The van der Waals surface area contributed by atoms with Crippen molar-refractivity contribution in [3.63, 3.8) is 0 Å². The van der Waals surface area contributed by atoms with Crippen LogP contribution in [0.3, 0.4) is 0 Å². The van der Waals surface area contributed by atoms with Gasteiger partial charge in [0.2, 0.25) is 5.43 Å². The topological polar surface area (TPSA) is 123 Å². The number of carboxylic acids is 1. The van der Waals surface area contributed by atoms with Gasteiger partial charge in [-0.15, -0.1) is 10.2 Å². The number of carbonyl (C=O) groups excluding carboxylic acids is 1. The zero-order valence-corrected chi connectivity index (χ0v) is 22.3. The SMILES string of the molecule is CC(C)(C)c1nnc2n1CCN(C(=O)c1cc(Cn3ncc(=O)c4ccccc43)ccc1F)C2.O=C(O)C(F)(F)F. The summed E-state index contributed by atoms with van der Waals surface area (Å²) in [5.74, 6) is -2.14. The van der Waals surface area contributed by atoms with E-state index in [1.54, 1.807) is 33.8 Å². The summed E-state index contributed by atoms with van der Waals surface area (Å²) in [5, 5.41) is 20.5. The zero-order valence-electron chi connectivity index (χ0n) is 22.3. The van der Waals surface area contributed by atoms with E-state index in [-0.39, 0.29) is 28.9 Å². The number of nitrogens with zero attached hydrogens (tertiary/aromatic N) is 6. The number of para-hydroxylation sites is 1. The highest BCUT2D eigenvalue weighted by atomic mass is 19.4. The molecular formula is C27H26F4N6O4. The molecule has 1 N–H and O–H groups in total. The van der Waals surface area contributed by atoms with Crippen molar-refractivity contribution in [2.24, 2.45) is 0 Å². The van der Waals surface area contributed by atoms with Crippen LogP contribution < -0.4 is 5.43 Å². The molecule has 0 spiro atoms. The van der Waals surface area contributed by atoms with Crippen molar-refractivity contribution in [3.8, 4) is 0 Å². The van der Waals surface area contributed by atoms with Crippen LogP contribution in [0, 0.1) is 5.82 Å². The van der Waals surface area contributed by atoms with E-state index in [4.69, 9.17) is 9.90 Å². The maximum absolute atomic E-state index is 14.7. The summed E-state index contributed by atoms with van der Waals surface area (Å²) in [7, 11) is 0. The fourth-order valence-corrected chi connectivity index (χ4v) is 4.35. The number of carboxylic acid groups (broad SMARTS) is 1. The molecule has 5 rings (SSSR count). The first kappa shape index (κ1) is 29.4. The van der Waals surface area contributed by atoms with Gasteiger partial charge in [-0.1, -0.05) is 39.0 Å². The average molecular weight is 575 g/mol. The molecule has 1 aliphatic heterocycles. The van der Waals surface area contributed by atoms with E-state index < -0.39 is 18.0 Å². The number of aliphatic carboxylic acids is 1. The number of amides is 1. The molecule has 3 heterocycles. The standard InChI is InChI=1S/C25H25FN6O2.C2HF3O2/c1-25(2,3)24-29-28-22-15-30(10-11-31(22)24)23(34)18-12-16(8-9-19(18)26)14-32-20-7-5-4-6-17(20)21(33)13-27-32;3-2(4,5)1(6)7/h4-9,12-13H,10-11,14-15H2,1-3H3;(H,6,7). The van der Waals surface area contributed by atoms with Crippen molar-refractivity contribution < 1.29 is 32.3 Å². The van der Waals surface area contributed by atoms with Crippen LogP contribution in [0.2, 0.25) is 0 Å². The molecule has 0 fully saturated rings. The first-order valence-corrected chi connectivity index (χ1v) is 12.4. The molecule has 4 aromatic rings. The van der Waals surface area contributed by atoms with E-state index in [1.807, 2.05) is 16.7 Å². The van der Waals surface area contributed by atoms with Crippen LogP contribution in [0.5, 0.6) is 0 Å². The Morgan fingerprint density at radius 2 is 1.71 bits per heavy atom. The molecule has 1 aliphatic rings. The van der Waals surface area contributed by atoms with E-state index in [1.165, 1.54) is 12.3 Å². The lowest BCUT2D eigenvalue weighted by Gasteiger charge is -2.30. The fraction of sp³-hybridized carbons (Fsp3) is 0.333. The summed E-state index contributed by atoms with van der Waals surface area (Å²) in [6, 6.07) is 11.7. The van der Waals surface area contributed by atoms with Crippen molar-refractivity contribution in [1.29, 1.82) is 0 Å². The van der Waals surface area contributed by atoms with Crippen molar-refractivity contribution in [2.45, 2.75) is 52.0 Å². The number of halogens is 4. The number of fused-ring (bicyclic) bond motifs is 2. The minimum absolute atomic E-state index is 0.00635. The van der Waals surface area contributed by atoms with E-state index in [0.29, 0.717) is 41.9 Å². The molecule has 0 aliphatic carbocycles. The molecule has 216 valence electrons. The van der Waals surface area contributed by atoms with E-state index in [2.05, 4.69) is 36.1 Å². The van der Waals surface area contributed by atoms with Gasteiger partial charge in [-0.25, -0.2) is 9.18 Å². The number of alkyl halides is 3. The lowest BCUT2D eigenvalue weighted by Crippen LogP contribution is -2.40. The van der Waals surface area contributed by atoms with Crippen LogP contribution in [0.4, 0.5) is 17.6 Å². The molecule has 0 radical (unpaired) electrons. The Balaban J connectivity index is 0.000000493. The number of rotatable bonds is 3. The van der Waals surface area contributed by atoms with E-state index >= 15 is 0 Å². The molecule has 0 saturated carbocycles. The number of carbonyl (C=O) groups is 2. The lowest BCUT2D eigenvalue weighted by atomic mass is 9.95. The Morgan fingerprint density at radius 3 is 2.37 bits per heavy atom. The van der Waals surface area contributed by atoms with Gasteiger partial charge in [0, 0.05) is 23.9 Å². The predicted molar refractivity (Wildman–Crippen MR) is 139 cm³/mol. The van der Waals surface area contributed by atoms with Gasteiger partial charge in [-0.05, 0) is 29.8 Å². The quantitative estimate of drug-likeness (QED) is 0.370. The smallest absolute Gasteiger partial charge is 0.475 e. The van der Waals surface area contributed by atoms with Crippen LogP contribution in [0.25, 0.3) is 10.9 Å². The Labute approximate surface area is 230 Å². The maximum Gasteiger partial charge on any atom is 0.490 e. The van der Waals surface area contributed by atoms with Crippen LogP contribution in [-0.2, 0) is 29.8 Å². The number of aromatic nitrogens is 5. The molecule has 0 unspecified atom stereocenters. The molecule has 0 atom stereocenters. The third-order valence-electron chi connectivity index (χ3n) is 6.31. The van der Waals surface area contributed by atoms with Gasteiger partial charge in [-0.3, -0.25) is 14.3 Å². The normalized spacial score (nSPS) is 13.4. The highest BCUT2D eigenvalue weighted by Crippen LogP contribution is 2.25. The average Bonchev–Trinajstić information content (AvgIpc) is 3.35. The van der Waals surface area contributed by atoms with Crippen LogP contribution >= 0.6 is 0 Å². The molecule has 0 saturated heterocycles. The molecule has 0 bridgehead atoms. The fourth-order valence-electron chi connectivity index (χ4n) is 4.35. The van der Waals surface area contributed by atoms with Gasteiger partial charge in [0.15, 0.2) is 5.82 Å². The Morgan fingerprint density at radius 1 is 1.02 bits per heavy atom. The second-order valence-electron chi connectivity index (χ2n) is 10.4. The number of hydrogen-bond acceptors (Lipinski definition) is 6. The van der Waals surface area contributed by atoms with E-state index in [0.717, 1.165) is 5.82 Å². The van der Waals surface area contributed by atoms with Crippen LogP contribution in [0.15, 0.2) is 53.5 Å². The van der Waals surface area contributed by atoms with Gasteiger partial charge in [-0.2, -0.15) is 18.3 Å². The minimum atomic E-state index is -5.08.